The molecule has 170 valence electrons. The number of fused-ring (bicyclic) bond motifs is 1. The Labute approximate surface area is 189 Å². The molecule has 0 bridgehead atoms. The molecule has 3 aromatic carbocycles. The standard InChI is InChI=1S/C24H29N3O4S/c1-3-27(4-2)17-9-16-25-20-12-7-8-13-22(20)32(30,31)26-21-15-14-18-10-5-6-11-19(18)23(21)24(28)29/h5-8,10-15,25-26H,3-4,9,16-17H2,1-2H3,(H,28,29). The fraction of sp³-hybridized carbons (Fsp3) is 0.292. The molecule has 3 rings (SSSR count). The summed E-state index contributed by atoms with van der Waals surface area (Å²) in [7, 11) is -4.02. The first-order valence-electron chi connectivity index (χ1n) is 10.7. The van der Waals surface area contributed by atoms with E-state index in [2.05, 4.69) is 28.8 Å². The quantitative estimate of drug-likeness (QED) is 0.369. The first-order chi connectivity index (χ1) is 15.4. The lowest BCUT2D eigenvalue weighted by molar-refractivity contribution is 0.0700. The van der Waals surface area contributed by atoms with E-state index in [-0.39, 0.29) is 16.1 Å². The molecule has 0 fully saturated rings. The first kappa shape index (κ1) is 23.6. The topological polar surface area (TPSA) is 98.7 Å². The third-order valence-corrected chi connectivity index (χ3v) is 6.85. The molecule has 3 aromatic rings. The lowest BCUT2D eigenvalue weighted by Gasteiger charge is -2.19. The molecule has 0 heterocycles. The van der Waals surface area contributed by atoms with Gasteiger partial charge in [-0.15, -0.1) is 0 Å². The maximum atomic E-state index is 13.2. The third kappa shape index (κ3) is 5.38. The number of sulfonamides is 1. The molecule has 0 aliphatic heterocycles. The Morgan fingerprint density at radius 1 is 0.938 bits per heavy atom. The molecule has 0 unspecified atom stereocenters. The lowest BCUT2D eigenvalue weighted by atomic mass is 10.0. The van der Waals surface area contributed by atoms with Gasteiger partial charge in [0, 0.05) is 6.54 Å². The van der Waals surface area contributed by atoms with E-state index in [1.165, 1.54) is 12.1 Å². The number of carbonyl (C=O) groups is 1. The van der Waals surface area contributed by atoms with Crippen LogP contribution in [0.4, 0.5) is 11.4 Å². The highest BCUT2D eigenvalue weighted by Gasteiger charge is 2.22. The van der Waals surface area contributed by atoms with Crippen molar-refractivity contribution in [3.63, 3.8) is 0 Å². The van der Waals surface area contributed by atoms with Crippen LogP contribution < -0.4 is 10.0 Å². The van der Waals surface area contributed by atoms with Gasteiger partial charge in [-0.25, -0.2) is 13.2 Å². The van der Waals surface area contributed by atoms with Gasteiger partial charge in [-0.2, -0.15) is 0 Å². The molecule has 0 aliphatic rings. The van der Waals surface area contributed by atoms with E-state index in [0.29, 0.717) is 17.6 Å². The number of nitrogens with one attached hydrogen (secondary N) is 2. The average molecular weight is 456 g/mol. The van der Waals surface area contributed by atoms with Crippen molar-refractivity contribution in [2.45, 2.75) is 25.2 Å². The summed E-state index contributed by atoms with van der Waals surface area (Å²) in [6.07, 6.45) is 0.872. The van der Waals surface area contributed by atoms with E-state index < -0.39 is 16.0 Å². The van der Waals surface area contributed by atoms with Gasteiger partial charge >= 0.3 is 5.97 Å². The fourth-order valence-corrected chi connectivity index (χ4v) is 4.96. The van der Waals surface area contributed by atoms with Crippen LogP contribution in [0.25, 0.3) is 10.8 Å². The largest absolute Gasteiger partial charge is 0.478 e. The predicted octanol–water partition coefficient (Wildman–Crippen LogP) is 4.48. The normalized spacial score (nSPS) is 11.6. The molecule has 0 spiro atoms. The zero-order valence-corrected chi connectivity index (χ0v) is 19.2. The number of rotatable bonds is 11. The smallest absolute Gasteiger partial charge is 0.338 e. The Morgan fingerprint density at radius 2 is 1.62 bits per heavy atom. The number of aromatic carboxylic acids is 1. The summed E-state index contributed by atoms with van der Waals surface area (Å²) in [5.41, 5.74) is 0.445. The fourth-order valence-electron chi connectivity index (χ4n) is 3.70. The van der Waals surface area contributed by atoms with Gasteiger partial charge in [-0.3, -0.25) is 4.72 Å². The van der Waals surface area contributed by atoms with Gasteiger partial charge in [0.05, 0.1) is 16.9 Å². The van der Waals surface area contributed by atoms with E-state index in [0.717, 1.165) is 31.4 Å². The van der Waals surface area contributed by atoms with Crippen LogP contribution in [0.2, 0.25) is 0 Å². The second-order valence-electron chi connectivity index (χ2n) is 7.42. The molecule has 8 heteroatoms. The molecule has 3 N–H and O–H groups in total. The van der Waals surface area contributed by atoms with E-state index in [1.807, 2.05) is 0 Å². The minimum absolute atomic E-state index is 0.0348. The SMILES string of the molecule is CCN(CC)CCCNc1ccccc1S(=O)(=O)Nc1ccc2ccccc2c1C(=O)O. The Balaban J connectivity index is 1.85. The number of carboxylic acid groups (broad SMARTS) is 1. The number of benzene rings is 3. The van der Waals surface area contributed by atoms with Crippen molar-refractivity contribution in [1.29, 1.82) is 0 Å². The van der Waals surface area contributed by atoms with Crippen LogP contribution >= 0.6 is 0 Å². The summed E-state index contributed by atoms with van der Waals surface area (Å²) in [5, 5.41) is 14.2. The number of nitrogens with zero attached hydrogens (tertiary/aromatic N) is 1. The number of hydrogen-bond acceptors (Lipinski definition) is 5. The average Bonchev–Trinajstić information content (AvgIpc) is 2.78. The van der Waals surface area contributed by atoms with Crippen LogP contribution in [0, 0.1) is 0 Å². The highest BCUT2D eigenvalue weighted by Crippen LogP contribution is 2.30. The maximum Gasteiger partial charge on any atom is 0.338 e. The molecule has 0 aliphatic carbocycles. The zero-order chi connectivity index (χ0) is 23.1. The predicted molar refractivity (Wildman–Crippen MR) is 129 cm³/mol. The Hall–Kier alpha value is -3.10. The molecule has 7 nitrogen and oxygen atoms in total. The number of para-hydroxylation sites is 1. The van der Waals surface area contributed by atoms with Crippen molar-refractivity contribution < 1.29 is 18.3 Å². The highest BCUT2D eigenvalue weighted by atomic mass is 32.2. The van der Waals surface area contributed by atoms with Gasteiger partial charge in [-0.1, -0.05) is 56.3 Å². The molecule has 0 atom stereocenters. The summed E-state index contributed by atoms with van der Waals surface area (Å²) >= 11 is 0. The van der Waals surface area contributed by atoms with Gasteiger partial charge in [-0.05, 0) is 55.0 Å². The zero-order valence-electron chi connectivity index (χ0n) is 18.3. The molecule has 32 heavy (non-hydrogen) atoms. The van der Waals surface area contributed by atoms with E-state index >= 15 is 0 Å². The number of anilines is 2. The van der Waals surface area contributed by atoms with Gasteiger partial charge in [0.1, 0.15) is 4.90 Å². The van der Waals surface area contributed by atoms with Crippen LogP contribution in [0.5, 0.6) is 0 Å². The maximum absolute atomic E-state index is 13.2. The lowest BCUT2D eigenvalue weighted by Crippen LogP contribution is -2.25. The molecule has 0 amide bonds. The van der Waals surface area contributed by atoms with Gasteiger partial charge in [0.25, 0.3) is 10.0 Å². The monoisotopic (exact) mass is 455 g/mol. The van der Waals surface area contributed by atoms with Crippen LogP contribution in [0.3, 0.4) is 0 Å². The van der Waals surface area contributed by atoms with Crippen molar-refractivity contribution in [1.82, 2.24) is 4.90 Å². The van der Waals surface area contributed by atoms with Gasteiger partial charge in [0.2, 0.25) is 0 Å². The van der Waals surface area contributed by atoms with Crippen molar-refractivity contribution in [2.75, 3.05) is 36.2 Å². The summed E-state index contributed by atoms with van der Waals surface area (Å²) in [5.74, 6) is -1.19. The van der Waals surface area contributed by atoms with Crippen LogP contribution in [0.15, 0.2) is 65.6 Å². The molecule has 0 saturated carbocycles. The second kappa shape index (κ2) is 10.5. The molecular formula is C24H29N3O4S. The van der Waals surface area contributed by atoms with Crippen LogP contribution in [-0.4, -0.2) is 50.6 Å². The first-order valence-corrected chi connectivity index (χ1v) is 12.2. The molecule has 0 saturated heterocycles. The number of carboxylic acids is 1. The molecule has 0 aromatic heterocycles. The minimum Gasteiger partial charge on any atom is -0.478 e. The number of hydrogen-bond donors (Lipinski definition) is 3. The Morgan fingerprint density at radius 3 is 2.34 bits per heavy atom. The molecule has 0 radical (unpaired) electrons. The van der Waals surface area contributed by atoms with E-state index in [1.54, 1.807) is 48.5 Å². The van der Waals surface area contributed by atoms with Crippen LogP contribution in [-0.2, 0) is 10.0 Å². The van der Waals surface area contributed by atoms with Crippen molar-refractivity contribution in [2.24, 2.45) is 0 Å². The summed E-state index contributed by atoms with van der Waals surface area (Å²) in [6.45, 7) is 7.73. The van der Waals surface area contributed by atoms with E-state index in [4.69, 9.17) is 0 Å². The van der Waals surface area contributed by atoms with Crippen LogP contribution in [0.1, 0.15) is 30.6 Å². The summed E-state index contributed by atoms with van der Waals surface area (Å²) < 4.78 is 28.9. The third-order valence-electron chi connectivity index (χ3n) is 5.42. The summed E-state index contributed by atoms with van der Waals surface area (Å²) in [6, 6.07) is 16.8. The highest BCUT2D eigenvalue weighted by molar-refractivity contribution is 7.92. The van der Waals surface area contributed by atoms with Gasteiger partial charge < -0.3 is 15.3 Å². The molecular weight excluding hydrogens is 426 g/mol. The van der Waals surface area contributed by atoms with E-state index in [9.17, 15) is 18.3 Å². The summed E-state index contributed by atoms with van der Waals surface area (Å²) in [4.78, 5) is 14.3. The Kier molecular flexibility index (Phi) is 7.71. The van der Waals surface area contributed by atoms with Crippen molar-refractivity contribution in [3.05, 3.63) is 66.2 Å². The second-order valence-corrected chi connectivity index (χ2v) is 9.07. The van der Waals surface area contributed by atoms with Gasteiger partial charge in [0.15, 0.2) is 0 Å². The van der Waals surface area contributed by atoms with Crippen molar-refractivity contribution >= 4 is 38.1 Å². The van der Waals surface area contributed by atoms with Crippen molar-refractivity contribution in [3.8, 4) is 0 Å². The minimum atomic E-state index is -4.02. The Bertz CT molecular complexity index is 1190.